The van der Waals surface area contributed by atoms with Crippen molar-refractivity contribution in [1.82, 2.24) is 4.31 Å². The summed E-state index contributed by atoms with van der Waals surface area (Å²) < 4.78 is 33.7. The number of carbonyl (C=O) groups excluding carboxylic acids is 1. The zero-order chi connectivity index (χ0) is 21.4. The fraction of sp³-hybridized carbons (Fsp3) is 0.348. The lowest BCUT2D eigenvalue weighted by molar-refractivity contribution is -0.150. The quantitative estimate of drug-likeness (QED) is 0.701. The van der Waals surface area contributed by atoms with E-state index in [2.05, 4.69) is 0 Å². The maximum absolute atomic E-state index is 13.4. The molecule has 1 atom stereocenters. The molecule has 154 valence electrons. The number of rotatable bonds is 4. The summed E-state index contributed by atoms with van der Waals surface area (Å²) in [5.41, 5.74) is 2.45. The van der Waals surface area contributed by atoms with Crippen molar-refractivity contribution >= 4 is 16.0 Å². The van der Waals surface area contributed by atoms with Crippen molar-refractivity contribution in [1.29, 1.82) is 0 Å². The number of esters is 1. The number of ether oxygens (including phenoxy) is 1. The highest BCUT2D eigenvalue weighted by atomic mass is 32.2. The molecule has 0 unspecified atom stereocenters. The lowest BCUT2D eigenvalue weighted by Gasteiger charge is -2.28. The van der Waals surface area contributed by atoms with Crippen LogP contribution in [-0.4, -0.2) is 30.8 Å². The Labute approximate surface area is 173 Å². The number of aryl methyl sites for hydroxylation is 2. The summed E-state index contributed by atoms with van der Waals surface area (Å²) in [5.74, 6) is -0.496. The molecule has 29 heavy (non-hydrogen) atoms. The van der Waals surface area contributed by atoms with Crippen molar-refractivity contribution < 1.29 is 17.9 Å². The van der Waals surface area contributed by atoms with Crippen LogP contribution in [0, 0.1) is 13.8 Å². The second-order valence-corrected chi connectivity index (χ2v) is 10.3. The molecular weight excluding hydrogens is 386 g/mol. The van der Waals surface area contributed by atoms with Crippen LogP contribution in [0.3, 0.4) is 0 Å². The van der Waals surface area contributed by atoms with Gasteiger partial charge in [-0.05, 0) is 52.3 Å². The van der Waals surface area contributed by atoms with Crippen molar-refractivity contribution in [3.8, 4) is 0 Å². The van der Waals surface area contributed by atoms with Gasteiger partial charge in [0.25, 0.3) is 0 Å². The molecule has 0 radical (unpaired) electrons. The lowest BCUT2D eigenvalue weighted by Crippen LogP contribution is -2.34. The van der Waals surface area contributed by atoms with Crippen LogP contribution in [-0.2, 0) is 19.6 Å². The predicted octanol–water partition coefficient (Wildman–Crippen LogP) is 4.32. The molecule has 1 aliphatic rings. The second kappa shape index (κ2) is 7.76. The Balaban J connectivity index is 2.04. The Morgan fingerprint density at radius 3 is 2.00 bits per heavy atom. The molecule has 0 aromatic heterocycles. The lowest BCUT2D eigenvalue weighted by atomic mass is 9.99. The molecule has 0 bridgehead atoms. The number of hydrogen-bond acceptors (Lipinski definition) is 4. The van der Waals surface area contributed by atoms with Crippen LogP contribution in [0.1, 0.15) is 43.5 Å². The Kier molecular flexibility index (Phi) is 5.70. The molecule has 0 saturated carbocycles. The molecule has 0 aliphatic carbocycles. The van der Waals surface area contributed by atoms with Crippen LogP contribution in [0.2, 0.25) is 0 Å². The van der Waals surface area contributed by atoms with Gasteiger partial charge >= 0.3 is 5.97 Å². The third-order valence-corrected chi connectivity index (χ3v) is 6.57. The van der Waals surface area contributed by atoms with E-state index >= 15 is 0 Å². The summed E-state index contributed by atoms with van der Waals surface area (Å²) in [4.78, 5) is 13.1. The fourth-order valence-electron chi connectivity index (χ4n) is 3.27. The number of carbonyl (C=O) groups is 1. The van der Waals surface area contributed by atoms with Gasteiger partial charge in [-0.3, -0.25) is 0 Å². The number of hydrogen-bond donors (Lipinski definition) is 0. The van der Waals surface area contributed by atoms with Crippen LogP contribution in [0.4, 0.5) is 0 Å². The third-order valence-electron chi connectivity index (χ3n) is 4.73. The predicted molar refractivity (Wildman–Crippen MR) is 113 cm³/mol. The molecule has 3 rings (SSSR count). The van der Waals surface area contributed by atoms with Gasteiger partial charge in [0, 0.05) is 6.54 Å². The van der Waals surface area contributed by atoms with Gasteiger partial charge in [0.05, 0.1) is 16.5 Å². The van der Waals surface area contributed by atoms with Crippen molar-refractivity contribution in [2.45, 2.75) is 51.2 Å². The average molecular weight is 414 g/mol. The Morgan fingerprint density at radius 1 is 0.966 bits per heavy atom. The molecule has 0 amide bonds. The minimum absolute atomic E-state index is 0.114. The van der Waals surface area contributed by atoms with Gasteiger partial charge in [0.1, 0.15) is 5.60 Å². The molecule has 6 heteroatoms. The minimum Gasteiger partial charge on any atom is -0.457 e. The monoisotopic (exact) mass is 413 g/mol. The van der Waals surface area contributed by atoms with Crippen LogP contribution >= 0.6 is 0 Å². The first-order chi connectivity index (χ1) is 13.5. The van der Waals surface area contributed by atoms with Gasteiger partial charge in [-0.25, -0.2) is 13.2 Å². The molecule has 2 aromatic rings. The van der Waals surface area contributed by atoms with Crippen molar-refractivity contribution in [3.05, 3.63) is 76.9 Å². The molecule has 1 heterocycles. The molecular formula is C23H27NO4S. The topological polar surface area (TPSA) is 63.7 Å². The smallest absolute Gasteiger partial charge is 0.336 e. The molecule has 0 N–H and O–H groups in total. The normalized spacial score (nSPS) is 17.8. The van der Waals surface area contributed by atoms with Crippen molar-refractivity contribution in [3.63, 3.8) is 0 Å². The number of sulfonamides is 1. The van der Waals surface area contributed by atoms with E-state index < -0.39 is 27.6 Å². The molecule has 1 aliphatic heterocycles. The number of benzene rings is 2. The van der Waals surface area contributed by atoms with Gasteiger partial charge in [0.2, 0.25) is 10.0 Å². The third kappa shape index (κ3) is 4.60. The van der Waals surface area contributed by atoms with E-state index in [0.717, 1.165) is 16.7 Å². The van der Waals surface area contributed by atoms with Crippen LogP contribution < -0.4 is 0 Å². The molecule has 5 nitrogen and oxygen atoms in total. The SMILES string of the molecule is Cc1ccc([C@H]2C(C(=O)OC(C)(C)C)=CCN2S(=O)(=O)c2ccc(C)cc2)cc1. The van der Waals surface area contributed by atoms with Crippen LogP contribution in [0.5, 0.6) is 0 Å². The molecule has 0 saturated heterocycles. The van der Waals surface area contributed by atoms with E-state index in [4.69, 9.17) is 4.74 Å². The Bertz CT molecular complexity index is 1030. The summed E-state index contributed by atoms with van der Waals surface area (Å²) in [5, 5.41) is 0. The van der Waals surface area contributed by atoms with E-state index in [1.165, 1.54) is 4.31 Å². The zero-order valence-corrected chi connectivity index (χ0v) is 18.3. The maximum atomic E-state index is 13.4. The summed E-state index contributed by atoms with van der Waals surface area (Å²) in [6, 6.07) is 13.6. The fourth-order valence-corrected chi connectivity index (χ4v) is 4.80. The first-order valence-corrected chi connectivity index (χ1v) is 11.0. The van der Waals surface area contributed by atoms with Gasteiger partial charge in [0.15, 0.2) is 0 Å². The highest BCUT2D eigenvalue weighted by Gasteiger charge is 2.41. The second-order valence-electron chi connectivity index (χ2n) is 8.36. The van der Waals surface area contributed by atoms with E-state index in [1.54, 1.807) is 51.1 Å². The highest BCUT2D eigenvalue weighted by Crippen LogP contribution is 2.38. The largest absolute Gasteiger partial charge is 0.457 e. The highest BCUT2D eigenvalue weighted by molar-refractivity contribution is 7.89. The van der Waals surface area contributed by atoms with Gasteiger partial charge in [-0.1, -0.05) is 53.6 Å². The van der Waals surface area contributed by atoms with Crippen LogP contribution in [0.15, 0.2) is 65.1 Å². The van der Waals surface area contributed by atoms with E-state index in [9.17, 15) is 13.2 Å². The van der Waals surface area contributed by atoms with Gasteiger partial charge in [-0.2, -0.15) is 4.31 Å². The summed E-state index contributed by atoms with van der Waals surface area (Å²) in [6.45, 7) is 9.36. The Morgan fingerprint density at radius 2 is 1.48 bits per heavy atom. The number of nitrogens with zero attached hydrogens (tertiary/aromatic N) is 1. The van der Waals surface area contributed by atoms with Crippen molar-refractivity contribution in [2.24, 2.45) is 0 Å². The molecule has 2 aromatic carbocycles. The first kappa shape index (κ1) is 21.3. The maximum Gasteiger partial charge on any atom is 0.336 e. The standard InChI is InChI=1S/C23H27NO4S/c1-16-6-10-18(11-7-16)21-20(22(25)28-23(3,4)5)14-15-24(21)29(26,27)19-12-8-17(2)9-13-19/h6-14,21H,15H2,1-5H3/t21-/m0/s1. The molecule has 0 spiro atoms. The minimum atomic E-state index is -3.80. The molecule has 0 fully saturated rings. The van der Waals surface area contributed by atoms with E-state index in [0.29, 0.717) is 5.57 Å². The van der Waals surface area contributed by atoms with Gasteiger partial charge in [-0.15, -0.1) is 0 Å². The average Bonchev–Trinajstić information content (AvgIpc) is 3.07. The Hall–Kier alpha value is -2.44. The van der Waals surface area contributed by atoms with Gasteiger partial charge < -0.3 is 4.74 Å². The van der Waals surface area contributed by atoms with Crippen molar-refractivity contribution in [2.75, 3.05) is 6.54 Å². The van der Waals surface area contributed by atoms with E-state index in [-0.39, 0.29) is 11.4 Å². The zero-order valence-electron chi connectivity index (χ0n) is 17.5. The summed E-state index contributed by atoms with van der Waals surface area (Å²) >= 11 is 0. The first-order valence-electron chi connectivity index (χ1n) is 9.57. The van der Waals surface area contributed by atoms with E-state index in [1.807, 2.05) is 38.1 Å². The van der Waals surface area contributed by atoms with Crippen LogP contribution in [0.25, 0.3) is 0 Å². The summed E-state index contributed by atoms with van der Waals surface area (Å²) in [6.07, 6.45) is 1.66. The summed E-state index contributed by atoms with van der Waals surface area (Å²) in [7, 11) is -3.80.